The zero-order valence-corrected chi connectivity index (χ0v) is 16.2. The number of pyridine rings is 1. The molecule has 4 nitrogen and oxygen atoms in total. The topological polar surface area (TPSA) is 50.8 Å². The van der Waals surface area contributed by atoms with Gasteiger partial charge in [-0.2, -0.15) is 0 Å². The van der Waals surface area contributed by atoms with Gasteiger partial charge in [-0.05, 0) is 32.9 Å². The van der Waals surface area contributed by atoms with E-state index in [-0.39, 0.29) is 5.56 Å². The van der Waals surface area contributed by atoms with E-state index in [1.807, 2.05) is 40.7 Å². The summed E-state index contributed by atoms with van der Waals surface area (Å²) in [5.41, 5.74) is 2.76. The van der Waals surface area contributed by atoms with E-state index in [0.717, 1.165) is 22.7 Å². The van der Waals surface area contributed by atoms with Crippen molar-refractivity contribution in [3.63, 3.8) is 0 Å². The number of aromatic nitrogens is 3. The lowest BCUT2D eigenvalue weighted by Crippen LogP contribution is -2.29. The van der Waals surface area contributed by atoms with Gasteiger partial charge in [0.1, 0.15) is 28.7 Å². The lowest BCUT2D eigenvalue weighted by molar-refractivity contribution is 0.101. The van der Waals surface area contributed by atoms with Crippen LogP contribution in [0.25, 0.3) is 22.6 Å². The van der Waals surface area contributed by atoms with Crippen LogP contribution in [0.4, 0.5) is 4.39 Å². The Morgan fingerprint density at radius 3 is 2.65 bits per heavy atom. The highest BCUT2D eigenvalue weighted by Crippen LogP contribution is 2.45. The predicted octanol–water partition coefficient (Wildman–Crippen LogP) is 5.89. The summed E-state index contributed by atoms with van der Waals surface area (Å²) < 4.78 is 20.4. The smallest absolute Gasteiger partial charge is 0.145 e. The van der Waals surface area contributed by atoms with Crippen LogP contribution in [-0.2, 0) is 5.60 Å². The molecule has 0 saturated carbocycles. The van der Waals surface area contributed by atoms with Gasteiger partial charge in [-0.25, -0.2) is 9.37 Å². The fraction of sp³-hybridized carbons (Fsp3) is 0.300. The van der Waals surface area contributed by atoms with Gasteiger partial charge in [0.05, 0.1) is 21.8 Å². The molecule has 1 aliphatic heterocycles. The number of halogens is 2. The van der Waals surface area contributed by atoms with E-state index in [0.29, 0.717) is 16.5 Å². The summed E-state index contributed by atoms with van der Waals surface area (Å²) in [6, 6.07) is 6.45. The summed E-state index contributed by atoms with van der Waals surface area (Å²) in [4.78, 5) is 12.1. The number of H-pyrrole nitrogens is 1. The van der Waals surface area contributed by atoms with Crippen molar-refractivity contribution in [1.29, 1.82) is 0 Å². The summed E-state index contributed by atoms with van der Waals surface area (Å²) >= 11 is 6.18. The Bertz CT molecular complexity index is 945. The molecule has 0 atom stereocenters. The van der Waals surface area contributed by atoms with E-state index >= 15 is 0 Å². The van der Waals surface area contributed by atoms with E-state index in [1.165, 1.54) is 6.07 Å². The lowest BCUT2D eigenvalue weighted by Gasteiger charge is -2.31. The Labute approximate surface area is 157 Å². The summed E-state index contributed by atoms with van der Waals surface area (Å²) in [5.74, 6) is 0.681. The SMILES string of the molecule is CC.Cc1cc2c(cn1)-c1nc(-c3c(F)cccc3Cl)[nH]c1C(C)(C)O2. The summed E-state index contributed by atoms with van der Waals surface area (Å²) in [6.07, 6.45) is 1.73. The highest BCUT2D eigenvalue weighted by atomic mass is 35.5. The van der Waals surface area contributed by atoms with Crippen molar-refractivity contribution >= 4 is 11.6 Å². The van der Waals surface area contributed by atoms with Crippen LogP contribution in [0.5, 0.6) is 5.75 Å². The van der Waals surface area contributed by atoms with Gasteiger partial charge in [-0.1, -0.05) is 31.5 Å². The van der Waals surface area contributed by atoms with E-state index in [2.05, 4.69) is 15.0 Å². The predicted molar refractivity (Wildman–Crippen MR) is 102 cm³/mol. The largest absolute Gasteiger partial charge is 0.481 e. The van der Waals surface area contributed by atoms with Crippen LogP contribution >= 0.6 is 11.6 Å². The molecule has 3 aromatic rings. The van der Waals surface area contributed by atoms with E-state index in [1.54, 1.807) is 18.3 Å². The molecule has 26 heavy (non-hydrogen) atoms. The van der Waals surface area contributed by atoms with Gasteiger partial charge >= 0.3 is 0 Å². The molecule has 1 aliphatic rings. The summed E-state index contributed by atoms with van der Waals surface area (Å²) in [5, 5.41) is 0.307. The molecule has 0 amide bonds. The van der Waals surface area contributed by atoms with E-state index < -0.39 is 11.4 Å². The second-order valence-corrected chi connectivity index (χ2v) is 6.75. The third-order valence-electron chi connectivity index (χ3n) is 4.13. The van der Waals surface area contributed by atoms with Crippen molar-refractivity contribution in [2.45, 2.75) is 40.2 Å². The van der Waals surface area contributed by atoms with Crippen LogP contribution in [0.15, 0.2) is 30.5 Å². The molecule has 6 heteroatoms. The number of fused-ring (bicyclic) bond motifs is 3. The van der Waals surface area contributed by atoms with Crippen LogP contribution in [0, 0.1) is 12.7 Å². The van der Waals surface area contributed by atoms with Gasteiger partial charge in [-0.15, -0.1) is 0 Å². The molecule has 1 aromatic carbocycles. The van der Waals surface area contributed by atoms with Crippen molar-refractivity contribution < 1.29 is 9.13 Å². The molecule has 136 valence electrons. The van der Waals surface area contributed by atoms with Crippen LogP contribution in [-0.4, -0.2) is 15.0 Å². The minimum absolute atomic E-state index is 0.256. The number of aryl methyl sites for hydroxylation is 1. The molecule has 0 saturated heterocycles. The Balaban J connectivity index is 0.000000948. The zero-order chi connectivity index (χ0) is 19.1. The van der Waals surface area contributed by atoms with Crippen LogP contribution in [0.2, 0.25) is 5.02 Å². The lowest BCUT2D eigenvalue weighted by atomic mass is 9.96. The third-order valence-corrected chi connectivity index (χ3v) is 4.44. The van der Waals surface area contributed by atoms with Crippen molar-refractivity contribution in [2.24, 2.45) is 0 Å². The molecule has 0 fully saturated rings. The maximum atomic E-state index is 14.3. The molecule has 0 aliphatic carbocycles. The van der Waals surface area contributed by atoms with Gasteiger partial charge in [-0.3, -0.25) is 4.98 Å². The fourth-order valence-corrected chi connectivity index (χ4v) is 3.22. The second kappa shape index (κ2) is 6.72. The number of hydrogen-bond donors (Lipinski definition) is 1. The quantitative estimate of drug-likeness (QED) is 0.578. The number of benzene rings is 1. The summed E-state index contributed by atoms with van der Waals surface area (Å²) in [7, 11) is 0. The molecule has 0 bridgehead atoms. The maximum Gasteiger partial charge on any atom is 0.145 e. The number of aromatic amines is 1. The van der Waals surface area contributed by atoms with Crippen LogP contribution < -0.4 is 4.74 Å². The van der Waals surface area contributed by atoms with Gasteiger partial charge in [0.2, 0.25) is 0 Å². The molecule has 0 unspecified atom stereocenters. The molecular weight excluding hydrogens is 353 g/mol. The molecule has 2 aromatic heterocycles. The monoisotopic (exact) mass is 373 g/mol. The highest BCUT2D eigenvalue weighted by molar-refractivity contribution is 6.33. The minimum Gasteiger partial charge on any atom is -0.481 e. The molecule has 1 N–H and O–H groups in total. The van der Waals surface area contributed by atoms with E-state index in [4.69, 9.17) is 16.3 Å². The Morgan fingerprint density at radius 2 is 1.96 bits per heavy atom. The molecular formula is C20H21ClFN3O. The Kier molecular flexibility index (Phi) is 4.76. The van der Waals surface area contributed by atoms with E-state index in [9.17, 15) is 4.39 Å². The molecule has 0 radical (unpaired) electrons. The number of nitrogens with one attached hydrogen (secondary N) is 1. The van der Waals surface area contributed by atoms with Crippen molar-refractivity contribution in [3.8, 4) is 28.4 Å². The van der Waals surface area contributed by atoms with Crippen LogP contribution in [0.1, 0.15) is 39.1 Å². The van der Waals surface area contributed by atoms with Crippen molar-refractivity contribution in [2.75, 3.05) is 0 Å². The zero-order valence-electron chi connectivity index (χ0n) is 15.4. The van der Waals surface area contributed by atoms with Gasteiger partial charge in [0, 0.05) is 18.0 Å². The number of hydrogen-bond acceptors (Lipinski definition) is 3. The van der Waals surface area contributed by atoms with Gasteiger partial charge < -0.3 is 9.72 Å². The number of rotatable bonds is 1. The minimum atomic E-state index is -0.626. The summed E-state index contributed by atoms with van der Waals surface area (Å²) in [6.45, 7) is 9.78. The first-order valence-electron chi connectivity index (χ1n) is 8.58. The fourth-order valence-electron chi connectivity index (χ4n) is 2.97. The third kappa shape index (κ3) is 2.97. The molecule has 0 spiro atoms. The van der Waals surface area contributed by atoms with Gasteiger partial charge in [0.15, 0.2) is 0 Å². The highest BCUT2D eigenvalue weighted by Gasteiger charge is 2.36. The van der Waals surface area contributed by atoms with Gasteiger partial charge in [0.25, 0.3) is 0 Å². The van der Waals surface area contributed by atoms with Crippen molar-refractivity contribution in [3.05, 3.63) is 52.7 Å². The first kappa shape index (κ1) is 18.4. The average molecular weight is 374 g/mol. The number of nitrogens with zero attached hydrogens (tertiary/aromatic N) is 2. The first-order valence-corrected chi connectivity index (χ1v) is 8.95. The number of ether oxygens (including phenoxy) is 1. The standard InChI is InChI=1S/C18H15ClFN3O.C2H6/c1-9-7-13-10(8-21-9)15-16(18(2,3)24-13)23-17(22-15)14-11(19)5-4-6-12(14)20;1-2/h4-8H,1-3H3,(H,22,23);1-2H3. The maximum absolute atomic E-state index is 14.3. The average Bonchev–Trinajstić information content (AvgIpc) is 3.02. The normalized spacial score (nSPS) is 13.8. The Morgan fingerprint density at radius 1 is 1.23 bits per heavy atom. The Hall–Kier alpha value is -2.40. The molecule has 3 heterocycles. The molecule has 4 rings (SSSR count). The number of imidazole rings is 1. The van der Waals surface area contributed by atoms with Crippen LogP contribution in [0.3, 0.4) is 0 Å². The second-order valence-electron chi connectivity index (χ2n) is 6.34. The van der Waals surface area contributed by atoms with Crippen molar-refractivity contribution in [1.82, 2.24) is 15.0 Å². The first-order chi connectivity index (χ1) is 12.4.